The van der Waals surface area contributed by atoms with Gasteiger partial charge in [-0.15, -0.1) is 0 Å². The lowest BCUT2D eigenvalue weighted by Gasteiger charge is -2.25. The monoisotopic (exact) mass is 260 g/mol. The Bertz CT molecular complexity index is 367. The lowest BCUT2D eigenvalue weighted by atomic mass is 10.1. The summed E-state index contributed by atoms with van der Waals surface area (Å²) in [6.45, 7) is 10.1. The fourth-order valence-corrected chi connectivity index (χ4v) is 2.61. The van der Waals surface area contributed by atoms with Crippen molar-refractivity contribution in [2.75, 3.05) is 24.5 Å². The van der Waals surface area contributed by atoms with Crippen molar-refractivity contribution in [2.45, 2.75) is 46.1 Å². The minimum Gasteiger partial charge on any atom is -0.371 e. The lowest BCUT2D eigenvalue weighted by molar-refractivity contribution is 0.598. The average molecular weight is 260 g/mol. The minimum atomic E-state index is 0.446. The van der Waals surface area contributed by atoms with Crippen LogP contribution in [0.3, 0.4) is 0 Å². The first-order chi connectivity index (χ1) is 9.24. The molecule has 0 amide bonds. The van der Waals surface area contributed by atoms with Crippen LogP contribution in [0.4, 0.5) is 5.69 Å². The summed E-state index contributed by atoms with van der Waals surface area (Å²) in [5.74, 6) is 0.951. The zero-order valence-electron chi connectivity index (χ0n) is 12.7. The van der Waals surface area contributed by atoms with Gasteiger partial charge in [0.2, 0.25) is 0 Å². The van der Waals surface area contributed by atoms with E-state index in [4.69, 9.17) is 0 Å². The Balaban J connectivity index is 2.01. The first-order valence-corrected chi connectivity index (χ1v) is 7.82. The van der Waals surface area contributed by atoms with Gasteiger partial charge in [-0.3, -0.25) is 0 Å². The summed E-state index contributed by atoms with van der Waals surface area (Å²) in [5, 5.41) is 3.46. The van der Waals surface area contributed by atoms with E-state index in [1.165, 1.54) is 43.6 Å². The van der Waals surface area contributed by atoms with Gasteiger partial charge in [-0.05, 0) is 56.3 Å². The van der Waals surface area contributed by atoms with Crippen molar-refractivity contribution in [2.24, 2.45) is 5.92 Å². The van der Waals surface area contributed by atoms with Gasteiger partial charge in [0.1, 0.15) is 0 Å². The standard InChI is InChI=1S/C17H28N2/c1-4-12-19(13-15-6-7-15)17-10-8-16(9-11-17)14(3)18-5-2/h8-11,14-15,18H,4-7,12-13H2,1-3H3. The van der Waals surface area contributed by atoms with Crippen LogP contribution in [0, 0.1) is 5.92 Å². The topological polar surface area (TPSA) is 15.3 Å². The number of hydrogen-bond donors (Lipinski definition) is 1. The Hall–Kier alpha value is -1.02. The van der Waals surface area contributed by atoms with Crippen LogP contribution in [0.15, 0.2) is 24.3 Å². The van der Waals surface area contributed by atoms with E-state index >= 15 is 0 Å². The van der Waals surface area contributed by atoms with E-state index in [2.05, 4.69) is 55.3 Å². The maximum absolute atomic E-state index is 3.46. The van der Waals surface area contributed by atoms with Crippen molar-refractivity contribution in [3.63, 3.8) is 0 Å². The highest BCUT2D eigenvalue weighted by Crippen LogP contribution is 2.31. The largest absolute Gasteiger partial charge is 0.371 e. The Morgan fingerprint density at radius 3 is 2.42 bits per heavy atom. The van der Waals surface area contributed by atoms with Gasteiger partial charge in [0.05, 0.1) is 0 Å². The second-order valence-corrected chi connectivity index (χ2v) is 5.76. The molecule has 2 rings (SSSR count). The van der Waals surface area contributed by atoms with E-state index in [1.54, 1.807) is 0 Å². The highest BCUT2D eigenvalue weighted by Gasteiger charge is 2.24. The van der Waals surface area contributed by atoms with E-state index in [9.17, 15) is 0 Å². The summed E-state index contributed by atoms with van der Waals surface area (Å²) in [6, 6.07) is 9.58. The molecule has 1 unspecified atom stereocenters. The van der Waals surface area contributed by atoms with Crippen LogP contribution in [-0.4, -0.2) is 19.6 Å². The third-order valence-electron chi connectivity index (χ3n) is 3.94. The fraction of sp³-hybridized carbons (Fsp3) is 0.647. The summed E-state index contributed by atoms with van der Waals surface area (Å²) < 4.78 is 0. The molecule has 0 bridgehead atoms. The maximum atomic E-state index is 3.46. The van der Waals surface area contributed by atoms with E-state index < -0.39 is 0 Å². The third-order valence-corrected chi connectivity index (χ3v) is 3.94. The summed E-state index contributed by atoms with van der Waals surface area (Å²) in [6.07, 6.45) is 4.08. The summed E-state index contributed by atoms with van der Waals surface area (Å²) >= 11 is 0. The third kappa shape index (κ3) is 4.24. The summed E-state index contributed by atoms with van der Waals surface area (Å²) in [7, 11) is 0. The molecule has 1 aromatic carbocycles. The zero-order valence-corrected chi connectivity index (χ0v) is 12.7. The number of anilines is 1. The van der Waals surface area contributed by atoms with Crippen molar-refractivity contribution >= 4 is 5.69 Å². The Kier molecular flexibility index (Phi) is 5.26. The summed E-state index contributed by atoms with van der Waals surface area (Å²) in [4.78, 5) is 2.55. The molecule has 1 aliphatic carbocycles. The van der Waals surface area contributed by atoms with Crippen LogP contribution >= 0.6 is 0 Å². The molecule has 1 saturated carbocycles. The molecule has 1 aromatic rings. The molecule has 1 atom stereocenters. The maximum Gasteiger partial charge on any atom is 0.0366 e. The molecule has 0 radical (unpaired) electrons. The van der Waals surface area contributed by atoms with Crippen LogP contribution in [0.1, 0.15) is 51.6 Å². The predicted molar refractivity (Wildman–Crippen MR) is 83.8 cm³/mol. The van der Waals surface area contributed by atoms with Gasteiger partial charge in [-0.1, -0.05) is 26.0 Å². The number of nitrogens with zero attached hydrogens (tertiary/aromatic N) is 1. The molecule has 0 saturated heterocycles. The SMILES string of the molecule is CCCN(CC1CC1)c1ccc(C(C)NCC)cc1. The number of rotatable bonds is 8. The first kappa shape index (κ1) is 14.4. The molecule has 0 spiro atoms. The van der Waals surface area contributed by atoms with Gasteiger partial charge in [-0.25, -0.2) is 0 Å². The highest BCUT2D eigenvalue weighted by atomic mass is 15.1. The lowest BCUT2D eigenvalue weighted by Crippen LogP contribution is -2.26. The molecule has 1 N–H and O–H groups in total. The molecule has 2 heteroatoms. The molecule has 1 aliphatic rings. The molecule has 0 aromatic heterocycles. The van der Waals surface area contributed by atoms with Crippen LogP contribution < -0.4 is 10.2 Å². The predicted octanol–water partition coefficient (Wildman–Crippen LogP) is 3.98. The van der Waals surface area contributed by atoms with Gasteiger partial charge < -0.3 is 10.2 Å². The van der Waals surface area contributed by atoms with Crippen LogP contribution in [0.5, 0.6) is 0 Å². The van der Waals surface area contributed by atoms with Gasteiger partial charge in [0.25, 0.3) is 0 Å². The van der Waals surface area contributed by atoms with E-state index in [0.717, 1.165) is 12.5 Å². The van der Waals surface area contributed by atoms with Crippen molar-refractivity contribution in [3.05, 3.63) is 29.8 Å². The molecule has 1 fully saturated rings. The second-order valence-electron chi connectivity index (χ2n) is 5.76. The molecule has 19 heavy (non-hydrogen) atoms. The minimum absolute atomic E-state index is 0.446. The van der Waals surface area contributed by atoms with Gasteiger partial charge in [0.15, 0.2) is 0 Å². The van der Waals surface area contributed by atoms with E-state index in [-0.39, 0.29) is 0 Å². The van der Waals surface area contributed by atoms with Crippen LogP contribution in [-0.2, 0) is 0 Å². The number of hydrogen-bond acceptors (Lipinski definition) is 2. The number of benzene rings is 1. The molecule has 106 valence electrons. The van der Waals surface area contributed by atoms with Crippen LogP contribution in [0.25, 0.3) is 0 Å². The first-order valence-electron chi connectivity index (χ1n) is 7.82. The highest BCUT2D eigenvalue weighted by molar-refractivity contribution is 5.48. The molecule has 2 nitrogen and oxygen atoms in total. The van der Waals surface area contributed by atoms with E-state index in [1.807, 2.05) is 0 Å². The van der Waals surface area contributed by atoms with Crippen LogP contribution in [0.2, 0.25) is 0 Å². The molecular formula is C17H28N2. The summed E-state index contributed by atoms with van der Waals surface area (Å²) in [5.41, 5.74) is 2.77. The van der Waals surface area contributed by atoms with Crippen molar-refractivity contribution in [1.29, 1.82) is 0 Å². The van der Waals surface area contributed by atoms with Gasteiger partial charge >= 0.3 is 0 Å². The fourth-order valence-electron chi connectivity index (χ4n) is 2.61. The zero-order chi connectivity index (χ0) is 13.7. The van der Waals surface area contributed by atoms with Gasteiger partial charge in [-0.2, -0.15) is 0 Å². The Morgan fingerprint density at radius 2 is 1.89 bits per heavy atom. The second kappa shape index (κ2) is 6.95. The normalized spacial score (nSPS) is 16.4. The average Bonchev–Trinajstić information content (AvgIpc) is 3.23. The van der Waals surface area contributed by atoms with E-state index in [0.29, 0.717) is 6.04 Å². The van der Waals surface area contributed by atoms with Crippen molar-refractivity contribution in [1.82, 2.24) is 5.32 Å². The van der Waals surface area contributed by atoms with Crippen molar-refractivity contribution < 1.29 is 0 Å². The molecule has 0 heterocycles. The smallest absolute Gasteiger partial charge is 0.0366 e. The molecular weight excluding hydrogens is 232 g/mol. The van der Waals surface area contributed by atoms with Gasteiger partial charge in [0, 0.05) is 24.8 Å². The van der Waals surface area contributed by atoms with Crippen molar-refractivity contribution in [3.8, 4) is 0 Å². The number of nitrogens with one attached hydrogen (secondary N) is 1. The Labute approximate surface area is 118 Å². The molecule has 0 aliphatic heterocycles. The Morgan fingerprint density at radius 1 is 1.21 bits per heavy atom. The quantitative estimate of drug-likeness (QED) is 0.760.